The second kappa shape index (κ2) is 4.45. The lowest BCUT2D eigenvalue weighted by atomic mass is 9.46. The van der Waals surface area contributed by atoms with Gasteiger partial charge in [-0.25, -0.2) is 0 Å². The number of carbonyl (C=O) groups excluding carboxylic acids is 2. The van der Waals surface area contributed by atoms with Crippen molar-refractivity contribution in [3.8, 4) is 0 Å². The monoisotopic (exact) mass is 330 g/mol. The Morgan fingerprint density at radius 3 is 2.62 bits per heavy atom. The maximum atomic E-state index is 12.6. The molecule has 24 heavy (non-hydrogen) atoms. The Bertz CT molecular complexity index is 627. The summed E-state index contributed by atoms with van der Waals surface area (Å²) >= 11 is 0. The van der Waals surface area contributed by atoms with Crippen molar-refractivity contribution in [1.82, 2.24) is 0 Å². The molecular weight excluding hydrogens is 300 g/mol. The highest BCUT2D eigenvalue weighted by atomic mass is 16.5. The first-order chi connectivity index (χ1) is 11.3. The van der Waals surface area contributed by atoms with Crippen LogP contribution in [0.2, 0.25) is 0 Å². The number of fused-ring (bicyclic) bond motifs is 4. The Morgan fingerprint density at radius 2 is 1.92 bits per heavy atom. The second-order valence-corrected chi connectivity index (χ2v) is 10.0. The van der Waals surface area contributed by atoms with E-state index in [1.54, 1.807) is 6.92 Å². The predicted octanol–water partition coefficient (Wildman–Crippen LogP) is 4.14. The van der Waals surface area contributed by atoms with Gasteiger partial charge in [-0.15, -0.1) is 0 Å². The van der Waals surface area contributed by atoms with E-state index in [0.717, 1.165) is 37.5 Å². The van der Waals surface area contributed by atoms with Crippen molar-refractivity contribution in [1.29, 1.82) is 0 Å². The molecule has 0 N–H and O–H groups in total. The van der Waals surface area contributed by atoms with Gasteiger partial charge in [0.1, 0.15) is 11.9 Å². The quantitative estimate of drug-likeness (QED) is 0.679. The molecule has 132 valence electrons. The van der Waals surface area contributed by atoms with Gasteiger partial charge in [0.25, 0.3) is 0 Å². The van der Waals surface area contributed by atoms with Crippen LogP contribution in [-0.4, -0.2) is 17.9 Å². The van der Waals surface area contributed by atoms with Crippen LogP contribution >= 0.6 is 0 Å². The van der Waals surface area contributed by atoms with Gasteiger partial charge in [0.05, 0.1) is 0 Å². The molecule has 0 aromatic heterocycles. The summed E-state index contributed by atoms with van der Waals surface area (Å²) < 4.78 is 5.95. The van der Waals surface area contributed by atoms with Crippen LogP contribution < -0.4 is 0 Å². The molecule has 5 saturated carbocycles. The van der Waals surface area contributed by atoms with Gasteiger partial charge in [0.15, 0.2) is 0 Å². The van der Waals surface area contributed by atoms with Gasteiger partial charge in [-0.3, -0.25) is 9.59 Å². The fourth-order valence-corrected chi connectivity index (χ4v) is 8.40. The van der Waals surface area contributed by atoms with E-state index < -0.39 is 0 Å². The molecular formula is C21H30O3. The van der Waals surface area contributed by atoms with Crippen molar-refractivity contribution in [2.45, 2.75) is 78.2 Å². The summed E-state index contributed by atoms with van der Waals surface area (Å²) in [6.07, 6.45) is 9.14. The molecule has 0 heterocycles. The van der Waals surface area contributed by atoms with Crippen molar-refractivity contribution in [2.75, 3.05) is 0 Å². The summed E-state index contributed by atoms with van der Waals surface area (Å²) in [5.41, 5.74) is 0.508. The predicted molar refractivity (Wildman–Crippen MR) is 90.1 cm³/mol. The normalized spacial score (nSPS) is 57.6. The number of Topliss-reactive ketones (excluding diaryl/α,β-unsaturated/α-hetero) is 1. The fourth-order valence-electron chi connectivity index (χ4n) is 8.40. The number of ketones is 1. The standard InChI is InChI=1S/C21H30O3/c1-12(22)24-18-10-14-15-4-5-17(23)19(15,2)8-7-16(14)20(3)9-6-13-11-21(13,18)20/h13-16,18H,4-11H2,1-3H3. The lowest BCUT2D eigenvalue weighted by Gasteiger charge is -2.59. The van der Waals surface area contributed by atoms with Crippen molar-refractivity contribution >= 4 is 11.8 Å². The minimum atomic E-state index is -0.117. The molecule has 1 spiro atoms. The molecule has 3 heteroatoms. The van der Waals surface area contributed by atoms with Crippen LogP contribution in [0, 0.1) is 39.9 Å². The number of hydrogen-bond acceptors (Lipinski definition) is 3. The SMILES string of the molecule is CC(=O)OC1CC2C3CCC(=O)C3(C)CCC2C2(C)CCC3CC312. The first kappa shape index (κ1) is 15.4. The molecule has 3 nitrogen and oxygen atoms in total. The molecule has 5 aliphatic rings. The molecule has 0 amide bonds. The van der Waals surface area contributed by atoms with Gasteiger partial charge in [-0.1, -0.05) is 13.8 Å². The smallest absolute Gasteiger partial charge is 0.302 e. The van der Waals surface area contributed by atoms with Gasteiger partial charge < -0.3 is 4.74 Å². The van der Waals surface area contributed by atoms with Gasteiger partial charge in [0.2, 0.25) is 0 Å². The molecule has 8 unspecified atom stereocenters. The number of hydrogen-bond donors (Lipinski definition) is 0. The Hall–Kier alpha value is -0.860. The van der Waals surface area contributed by atoms with E-state index >= 15 is 0 Å². The van der Waals surface area contributed by atoms with E-state index in [-0.39, 0.29) is 22.9 Å². The van der Waals surface area contributed by atoms with E-state index in [0.29, 0.717) is 23.0 Å². The average molecular weight is 330 g/mol. The maximum absolute atomic E-state index is 12.6. The van der Waals surface area contributed by atoms with E-state index in [2.05, 4.69) is 13.8 Å². The topological polar surface area (TPSA) is 43.4 Å². The van der Waals surface area contributed by atoms with Crippen LogP contribution in [0.25, 0.3) is 0 Å². The summed E-state index contributed by atoms with van der Waals surface area (Å²) in [6.45, 7) is 6.30. The molecule has 0 radical (unpaired) electrons. The lowest BCUT2D eigenvalue weighted by molar-refractivity contribution is -0.180. The third kappa shape index (κ3) is 1.56. The highest BCUT2D eigenvalue weighted by molar-refractivity contribution is 5.87. The molecule has 5 aliphatic carbocycles. The minimum absolute atomic E-state index is 0.0929. The molecule has 5 rings (SSSR count). The molecule has 0 saturated heterocycles. The molecule has 0 aromatic carbocycles. The van der Waals surface area contributed by atoms with Crippen molar-refractivity contribution in [3.63, 3.8) is 0 Å². The van der Waals surface area contributed by atoms with E-state index in [9.17, 15) is 9.59 Å². The summed E-state index contributed by atoms with van der Waals surface area (Å²) in [6, 6.07) is 0. The third-order valence-corrected chi connectivity index (χ3v) is 9.56. The average Bonchev–Trinajstić information content (AvgIpc) is 3.08. The summed E-state index contributed by atoms with van der Waals surface area (Å²) in [5.74, 6) is 3.00. The number of carbonyl (C=O) groups is 2. The van der Waals surface area contributed by atoms with E-state index in [4.69, 9.17) is 4.74 Å². The van der Waals surface area contributed by atoms with Crippen LogP contribution in [0.15, 0.2) is 0 Å². The van der Waals surface area contributed by atoms with Gasteiger partial charge in [0, 0.05) is 24.2 Å². The van der Waals surface area contributed by atoms with Gasteiger partial charge in [-0.05, 0) is 74.0 Å². The molecule has 0 aromatic rings. The van der Waals surface area contributed by atoms with Crippen LogP contribution in [0.1, 0.15) is 72.1 Å². The lowest BCUT2D eigenvalue weighted by Crippen LogP contribution is -2.57. The molecule has 8 atom stereocenters. The molecule has 0 bridgehead atoms. The minimum Gasteiger partial charge on any atom is -0.462 e. The second-order valence-electron chi connectivity index (χ2n) is 10.0. The Kier molecular flexibility index (Phi) is 2.86. The summed E-state index contributed by atoms with van der Waals surface area (Å²) in [4.78, 5) is 24.3. The largest absolute Gasteiger partial charge is 0.462 e. The number of esters is 1. The van der Waals surface area contributed by atoms with Crippen molar-refractivity contribution < 1.29 is 14.3 Å². The third-order valence-electron chi connectivity index (χ3n) is 9.56. The Morgan fingerprint density at radius 1 is 1.12 bits per heavy atom. The first-order valence-corrected chi connectivity index (χ1v) is 10.0. The van der Waals surface area contributed by atoms with Crippen LogP contribution in [0.4, 0.5) is 0 Å². The summed E-state index contributed by atoms with van der Waals surface area (Å²) in [5, 5.41) is 0. The summed E-state index contributed by atoms with van der Waals surface area (Å²) in [7, 11) is 0. The molecule has 5 fully saturated rings. The zero-order valence-electron chi connectivity index (χ0n) is 15.3. The highest BCUT2D eigenvalue weighted by Crippen LogP contribution is 2.81. The van der Waals surface area contributed by atoms with Gasteiger partial charge >= 0.3 is 5.97 Å². The zero-order valence-corrected chi connectivity index (χ0v) is 15.3. The molecule has 0 aliphatic heterocycles. The van der Waals surface area contributed by atoms with Crippen LogP contribution in [0.5, 0.6) is 0 Å². The van der Waals surface area contributed by atoms with Crippen molar-refractivity contribution in [3.05, 3.63) is 0 Å². The number of ether oxygens (including phenoxy) is 1. The van der Waals surface area contributed by atoms with E-state index in [1.807, 2.05) is 0 Å². The number of rotatable bonds is 1. The zero-order chi connectivity index (χ0) is 16.9. The Labute approximate surface area is 144 Å². The highest BCUT2D eigenvalue weighted by Gasteiger charge is 2.78. The van der Waals surface area contributed by atoms with E-state index in [1.165, 1.54) is 25.7 Å². The van der Waals surface area contributed by atoms with Crippen LogP contribution in [0.3, 0.4) is 0 Å². The first-order valence-electron chi connectivity index (χ1n) is 10.0. The maximum Gasteiger partial charge on any atom is 0.302 e. The van der Waals surface area contributed by atoms with Gasteiger partial charge in [-0.2, -0.15) is 0 Å². The van der Waals surface area contributed by atoms with Crippen LogP contribution in [-0.2, 0) is 14.3 Å². The Balaban J connectivity index is 1.55. The fraction of sp³-hybridized carbons (Fsp3) is 0.905. The van der Waals surface area contributed by atoms with Crippen molar-refractivity contribution in [2.24, 2.45) is 39.9 Å².